The molecule has 2 aliphatic rings. The molecule has 2 aromatic rings. The first-order chi connectivity index (χ1) is 12.7. The minimum atomic E-state index is -0.146. The minimum Gasteiger partial charge on any atom is -0.333 e. The number of urea groups is 1. The van der Waals surface area contributed by atoms with E-state index in [1.165, 1.54) is 5.56 Å². The van der Waals surface area contributed by atoms with Gasteiger partial charge >= 0.3 is 6.03 Å². The summed E-state index contributed by atoms with van der Waals surface area (Å²) in [4.78, 5) is 28.8. The lowest BCUT2D eigenvalue weighted by Crippen LogP contribution is -2.45. The van der Waals surface area contributed by atoms with Crippen molar-refractivity contribution in [3.05, 3.63) is 66.2 Å². The summed E-state index contributed by atoms with van der Waals surface area (Å²) in [6, 6.07) is 19.7. The van der Waals surface area contributed by atoms with Crippen LogP contribution in [0.3, 0.4) is 0 Å². The number of nitrogens with zero attached hydrogens (tertiary/aromatic N) is 2. The molecule has 2 atom stereocenters. The average molecular weight is 349 g/mol. The number of benzene rings is 2. The Labute approximate surface area is 153 Å². The van der Waals surface area contributed by atoms with Gasteiger partial charge in [-0.2, -0.15) is 0 Å². The van der Waals surface area contributed by atoms with Crippen LogP contribution in [0.4, 0.5) is 10.5 Å². The molecule has 0 aliphatic carbocycles. The third-order valence-corrected chi connectivity index (χ3v) is 5.22. The molecule has 4 rings (SSSR count). The smallest absolute Gasteiger partial charge is 0.318 e. The van der Waals surface area contributed by atoms with E-state index < -0.39 is 0 Å². The van der Waals surface area contributed by atoms with Crippen LogP contribution in [0.5, 0.6) is 0 Å². The van der Waals surface area contributed by atoms with Gasteiger partial charge < -0.3 is 15.1 Å². The molecule has 2 heterocycles. The molecule has 0 bridgehead atoms. The summed E-state index contributed by atoms with van der Waals surface area (Å²) in [5, 5.41) is 3.08. The van der Waals surface area contributed by atoms with E-state index in [0.29, 0.717) is 13.0 Å². The van der Waals surface area contributed by atoms with Crippen LogP contribution in [0.1, 0.15) is 30.9 Å². The third kappa shape index (κ3) is 3.29. The Bertz CT molecular complexity index is 778. The number of likely N-dealkylation sites (tertiary alicyclic amines) is 1. The number of amides is 3. The van der Waals surface area contributed by atoms with Gasteiger partial charge in [-0.1, -0.05) is 48.5 Å². The lowest BCUT2D eigenvalue weighted by molar-refractivity contribution is -0.117. The molecule has 0 unspecified atom stereocenters. The zero-order chi connectivity index (χ0) is 17.9. The van der Waals surface area contributed by atoms with Crippen LogP contribution in [-0.4, -0.2) is 36.0 Å². The Balaban J connectivity index is 1.41. The van der Waals surface area contributed by atoms with Crippen LogP contribution < -0.4 is 10.2 Å². The van der Waals surface area contributed by atoms with Crippen molar-refractivity contribution in [1.29, 1.82) is 0 Å². The second-order valence-electron chi connectivity index (χ2n) is 6.95. The van der Waals surface area contributed by atoms with Gasteiger partial charge in [0.05, 0.1) is 12.1 Å². The van der Waals surface area contributed by atoms with Crippen LogP contribution in [0.15, 0.2) is 60.7 Å². The van der Waals surface area contributed by atoms with Gasteiger partial charge in [-0.3, -0.25) is 4.79 Å². The third-order valence-electron chi connectivity index (χ3n) is 5.22. The van der Waals surface area contributed by atoms with E-state index in [4.69, 9.17) is 0 Å². The molecule has 0 spiro atoms. The molecular formula is C21H23N3O2. The van der Waals surface area contributed by atoms with Crippen molar-refractivity contribution in [3.8, 4) is 0 Å². The summed E-state index contributed by atoms with van der Waals surface area (Å²) in [5.41, 5.74) is 2.06. The molecule has 0 saturated carbocycles. The first-order valence-corrected chi connectivity index (χ1v) is 9.20. The maximum absolute atomic E-state index is 12.8. The second kappa shape index (κ2) is 7.20. The molecule has 2 fully saturated rings. The first-order valence-electron chi connectivity index (χ1n) is 9.20. The molecule has 134 valence electrons. The zero-order valence-corrected chi connectivity index (χ0v) is 14.7. The number of anilines is 1. The van der Waals surface area contributed by atoms with Gasteiger partial charge in [-0.25, -0.2) is 4.79 Å². The maximum Gasteiger partial charge on any atom is 0.318 e. The number of carbonyl (C=O) groups excluding carboxylic acids is 2. The van der Waals surface area contributed by atoms with Gasteiger partial charge in [0.25, 0.3) is 0 Å². The van der Waals surface area contributed by atoms with Crippen LogP contribution >= 0.6 is 0 Å². The molecule has 5 nitrogen and oxygen atoms in total. The summed E-state index contributed by atoms with van der Waals surface area (Å²) < 4.78 is 0. The predicted molar refractivity (Wildman–Crippen MR) is 101 cm³/mol. The Morgan fingerprint density at radius 1 is 1.00 bits per heavy atom. The van der Waals surface area contributed by atoms with Gasteiger partial charge in [0.1, 0.15) is 0 Å². The quantitative estimate of drug-likeness (QED) is 0.924. The van der Waals surface area contributed by atoms with Crippen molar-refractivity contribution in [1.82, 2.24) is 10.2 Å². The molecule has 2 aliphatic heterocycles. The van der Waals surface area contributed by atoms with Crippen molar-refractivity contribution < 1.29 is 9.59 Å². The highest BCUT2D eigenvalue weighted by molar-refractivity contribution is 5.96. The molecule has 5 heteroatoms. The van der Waals surface area contributed by atoms with Crippen molar-refractivity contribution >= 4 is 17.6 Å². The number of hydrogen-bond donors (Lipinski definition) is 1. The standard InChI is InChI=1S/C21H23N3O2/c25-20-14-17(15-24(20)18-10-5-2-6-11-18)22-21(26)23-13-7-12-19(23)16-8-3-1-4-9-16/h1-6,8-11,17,19H,7,12-15H2,(H,22,26)/t17-,19+/m1/s1. The van der Waals surface area contributed by atoms with E-state index in [-0.39, 0.29) is 24.0 Å². The van der Waals surface area contributed by atoms with Crippen molar-refractivity contribution in [2.24, 2.45) is 0 Å². The Hall–Kier alpha value is -2.82. The van der Waals surface area contributed by atoms with Crippen molar-refractivity contribution in [2.45, 2.75) is 31.3 Å². The topological polar surface area (TPSA) is 52.7 Å². The normalized spacial score (nSPS) is 22.7. The van der Waals surface area contributed by atoms with Crippen LogP contribution in [-0.2, 0) is 4.79 Å². The number of nitrogens with one attached hydrogen (secondary N) is 1. The van der Waals surface area contributed by atoms with E-state index in [9.17, 15) is 9.59 Å². The highest BCUT2D eigenvalue weighted by atomic mass is 16.2. The monoisotopic (exact) mass is 349 g/mol. The largest absolute Gasteiger partial charge is 0.333 e. The lowest BCUT2D eigenvalue weighted by Gasteiger charge is -2.27. The molecule has 0 radical (unpaired) electrons. The summed E-state index contributed by atoms with van der Waals surface area (Å²) in [6.45, 7) is 1.28. The van der Waals surface area contributed by atoms with Crippen molar-refractivity contribution in [2.75, 3.05) is 18.0 Å². The zero-order valence-electron chi connectivity index (χ0n) is 14.7. The SMILES string of the molecule is O=C1C[C@@H](NC(=O)N2CCC[C@H]2c2ccccc2)CN1c1ccccc1. The number of para-hydroxylation sites is 1. The van der Waals surface area contributed by atoms with E-state index in [1.807, 2.05) is 53.4 Å². The lowest BCUT2D eigenvalue weighted by atomic mass is 10.1. The minimum absolute atomic E-state index is 0.0579. The Morgan fingerprint density at radius 2 is 1.69 bits per heavy atom. The Kier molecular flexibility index (Phi) is 4.61. The van der Waals surface area contributed by atoms with Gasteiger partial charge in [-0.05, 0) is 30.5 Å². The fourth-order valence-electron chi connectivity index (χ4n) is 3.95. The van der Waals surface area contributed by atoms with E-state index in [0.717, 1.165) is 25.1 Å². The van der Waals surface area contributed by atoms with E-state index >= 15 is 0 Å². The number of carbonyl (C=O) groups is 2. The van der Waals surface area contributed by atoms with Crippen LogP contribution in [0.25, 0.3) is 0 Å². The Morgan fingerprint density at radius 3 is 2.42 bits per heavy atom. The van der Waals surface area contributed by atoms with Gasteiger partial charge in [-0.15, -0.1) is 0 Å². The van der Waals surface area contributed by atoms with Gasteiger partial charge in [0.2, 0.25) is 5.91 Å². The molecule has 2 aromatic carbocycles. The highest BCUT2D eigenvalue weighted by Gasteiger charge is 2.35. The highest BCUT2D eigenvalue weighted by Crippen LogP contribution is 2.32. The molecule has 3 amide bonds. The van der Waals surface area contributed by atoms with E-state index in [2.05, 4.69) is 17.4 Å². The summed E-state index contributed by atoms with van der Waals surface area (Å²) in [7, 11) is 0. The fourth-order valence-corrected chi connectivity index (χ4v) is 3.95. The average Bonchev–Trinajstić information content (AvgIpc) is 3.30. The number of rotatable bonds is 3. The van der Waals surface area contributed by atoms with Crippen LogP contribution in [0.2, 0.25) is 0 Å². The predicted octanol–water partition coefficient (Wildman–Crippen LogP) is 3.34. The second-order valence-corrected chi connectivity index (χ2v) is 6.95. The van der Waals surface area contributed by atoms with Gasteiger partial charge in [0.15, 0.2) is 0 Å². The fraction of sp³-hybridized carbons (Fsp3) is 0.333. The maximum atomic E-state index is 12.8. The summed E-state index contributed by atoms with van der Waals surface area (Å²) >= 11 is 0. The molecule has 26 heavy (non-hydrogen) atoms. The number of hydrogen-bond acceptors (Lipinski definition) is 2. The molecular weight excluding hydrogens is 326 g/mol. The first kappa shape index (κ1) is 16.6. The molecule has 2 saturated heterocycles. The van der Waals surface area contributed by atoms with Crippen LogP contribution in [0, 0.1) is 0 Å². The molecule has 1 N–H and O–H groups in total. The van der Waals surface area contributed by atoms with Crippen molar-refractivity contribution in [3.63, 3.8) is 0 Å². The summed E-state index contributed by atoms with van der Waals surface area (Å²) in [6.07, 6.45) is 2.34. The van der Waals surface area contributed by atoms with E-state index in [1.54, 1.807) is 4.90 Å². The summed E-state index contributed by atoms with van der Waals surface area (Å²) in [5.74, 6) is 0.0579. The molecule has 0 aromatic heterocycles. The van der Waals surface area contributed by atoms with Gasteiger partial charge in [0, 0.05) is 25.2 Å².